The molecule has 0 saturated carbocycles. The minimum atomic E-state index is -0.757. The van der Waals surface area contributed by atoms with Crippen LogP contribution in [-0.4, -0.2) is 56.8 Å². The van der Waals surface area contributed by atoms with Crippen molar-refractivity contribution in [3.8, 4) is 0 Å². The maximum absolute atomic E-state index is 12.4. The Bertz CT molecular complexity index is 643. The van der Waals surface area contributed by atoms with E-state index >= 15 is 0 Å². The molecule has 9 nitrogen and oxygen atoms in total. The van der Waals surface area contributed by atoms with Gasteiger partial charge in [-0.2, -0.15) is 0 Å². The van der Waals surface area contributed by atoms with Gasteiger partial charge in [0.15, 0.2) is 6.61 Å². The summed E-state index contributed by atoms with van der Waals surface area (Å²) >= 11 is 0. The van der Waals surface area contributed by atoms with E-state index in [4.69, 9.17) is 9.47 Å². The summed E-state index contributed by atoms with van der Waals surface area (Å²) in [6, 6.07) is 4.11. The van der Waals surface area contributed by atoms with Crippen LogP contribution in [0.25, 0.3) is 0 Å². The molecular formula is C16H21N3O6. The highest BCUT2D eigenvalue weighted by atomic mass is 16.6. The van der Waals surface area contributed by atoms with Gasteiger partial charge in [-0.25, -0.2) is 4.79 Å². The van der Waals surface area contributed by atoms with Gasteiger partial charge < -0.3 is 19.7 Å². The lowest BCUT2D eigenvalue weighted by atomic mass is 10.1. The van der Waals surface area contributed by atoms with E-state index in [1.165, 1.54) is 19.2 Å². The number of benzene rings is 1. The minimum absolute atomic E-state index is 0.0980. The second-order valence-corrected chi connectivity index (χ2v) is 5.57. The fourth-order valence-corrected chi connectivity index (χ4v) is 2.59. The van der Waals surface area contributed by atoms with Gasteiger partial charge in [0.2, 0.25) is 0 Å². The van der Waals surface area contributed by atoms with E-state index in [2.05, 4.69) is 5.32 Å². The van der Waals surface area contributed by atoms with Gasteiger partial charge in [0.25, 0.3) is 11.6 Å². The molecule has 1 aromatic carbocycles. The van der Waals surface area contributed by atoms with E-state index in [9.17, 15) is 19.7 Å². The average Bonchev–Trinajstić information content (AvgIpc) is 3.13. The van der Waals surface area contributed by atoms with Crippen molar-refractivity contribution in [2.24, 2.45) is 0 Å². The normalized spacial score (nSPS) is 13.6. The molecular weight excluding hydrogens is 330 g/mol. The van der Waals surface area contributed by atoms with Gasteiger partial charge in [-0.3, -0.25) is 14.9 Å². The number of non-ortho nitro benzene ring substituents is 1. The third-order valence-electron chi connectivity index (χ3n) is 3.82. The lowest BCUT2D eigenvalue weighted by molar-refractivity contribution is -0.384. The van der Waals surface area contributed by atoms with Crippen molar-refractivity contribution in [3.63, 3.8) is 0 Å². The molecule has 25 heavy (non-hydrogen) atoms. The number of rotatable bonds is 8. The molecule has 1 aliphatic rings. The van der Waals surface area contributed by atoms with Gasteiger partial charge in [0.1, 0.15) is 0 Å². The molecule has 2 rings (SSSR count). The Kier molecular flexibility index (Phi) is 6.70. The molecule has 0 radical (unpaired) electrons. The van der Waals surface area contributed by atoms with Crippen LogP contribution in [0.1, 0.15) is 23.2 Å². The van der Waals surface area contributed by atoms with Crippen LogP contribution >= 0.6 is 0 Å². The van der Waals surface area contributed by atoms with E-state index in [1.54, 1.807) is 6.07 Å². The number of esters is 1. The lowest BCUT2D eigenvalue weighted by Crippen LogP contribution is -2.31. The number of carbonyl (C=O) groups excluding carboxylic acids is 2. The van der Waals surface area contributed by atoms with Crippen LogP contribution in [0.3, 0.4) is 0 Å². The molecule has 1 amide bonds. The summed E-state index contributed by atoms with van der Waals surface area (Å²) in [7, 11) is 1.51. The van der Waals surface area contributed by atoms with Gasteiger partial charge in [-0.1, -0.05) is 0 Å². The summed E-state index contributed by atoms with van der Waals surface area (Å²) in [6.07, 6.45) is 1.99. The number of carbonyl (C=O) groups is 2. The number of amides is 1. The van der Waals surface area contributed by atoms with E-state index in [1.807, 2.05) is 4.90 Å². The molecule has 1 saturated heterocycles. The Morgan fingerprint density at radius 1 is 1.32 bits per heavy atom. The van der Waals surface area contributed by atoms with Crippen molar-refractivity contribution in [1.29, 1.82) is 0 Å². The minimum Gasteiger partial charge on any atom is -0.452 e. The van der Waals surface area contributed by atoms with Crippen LogP contribution in [0, 0.1) is 10.1 Å². The van der Waals surface area contributed by atoms with Crippen molar-refractivity contribution >= 4 is 23.3 Å². The molecule has 1 N–H and O–H groups in total. The van der Waals surface area contributed by atoms with Crippen molar-refractivity contribution in [2.45, 2.75) is 12.8 Å². The number of anilines is 1. The average molecular weight is 351 g/mol. The highest BCUT2D eigenvalue weighted by molar-refractivity contribution is 5.97. The van der Waals surface area contributed by atoms with Crippen molar-refractivity contribution in [3.05, 3.63) is 33.9 Å². The van der Waals surface area contributed by atoms with Crippen molar-refractivity contribution in [2.75, 3.05) is 44.9 Å². The second-order valence-electron chi connectivity index (χ2n) is 5.57. The Morgan fingerprint density at radius 2 is 2.04 bits per heavy atom. The molecule has 9 heteroatoms. The molecule has 1 aromatic rings. The molecule has 0 aliphatic carbocycles. The topological polar surface area (TPSA) is 111 Å². The van der Waals surface area contributed by atoms with Crippen LogP contribution in [0.5, 0.6) is 0 Å². The van der Waals surface area contributed by atoms with Crippen molar-refractivity contribution in [1.82, 2.24) is 5.32 Å². The molecule has 0 aromatic heterocycles. The Hall–Kier alpha value is -2.68. The predicted molar refractivity (Wildman–Crippen MR) is 89.7 cm³/mol. The second kappa shape index (κ2) is 8.97. The summed E-state index contributed by atoms with van der Waals surface area (Å²) in [4.78, 5) is 36.4. The van der Waals surface area contributed by atoms with Crippen LogP contribution < -0.4 is 10.2 Å². The van der Waals surface area contributed by atoms with E-state index in [-0.39, 0.29) is 11.3 Å². The predicted octanol–water partition coefficient (Wildman–Crippen LogP) is 1.11. The standard InChI is InChI=1S/C16H21N3O6/c1-24-9-6-17-15(20)11-25-16(21)13-10-12(19(22)23)4-5-14(13)18-7-2-3-8-18/h4-5,10H,2-3,6-9,11H2,1H3,(H,17,20). The number of nitro benzene ring substituents is 1. The fraction of sp³-hybridized carbons (Fsp3) is 0.500. The van der Waals surface area contributed by atoms with Crippen LogP contribution in [0.4, 0.5) is 11.4 Å². The molecule has 1 fully saturated rings. The summed E-state index contributed by atoms with van der Waals surface area (Å²) in [5.41, 5.74) is 0.494. The first-order valence-corrected chi connectivity index (χ1v) is 7.99. The first-order valence-electron chi connectivity index (χ1n) is 7.99. The van der Waals surface area contributed by atoms with Crippen LogP contribution in [-0.2, 0) is 14.3 Å². The molecule has 136 valence electrons. The van der Waals surface area contributed by atoms with Gasteiger partial charge in [-0.05, 0) is 18.9 Å². The van der Waals surface area contributed by atoms with E-state index < -0.39 is 23.4 Å². The number of nitrogens with one attached hydrogen (secondary N) is 1. The maximum atomic E-state index is 12.4. The molecule has 0 atom stereocenters. The molecule has 0 bridgehead atoms. The summed E-state index contributed by atoms with van der Waals surface area (Å²) in [6.45, 7) is 1.75. The fourth-order valence-electron chi connectivity index (χ4n) is 2.59. The summed E-state index contributed by atoms with van der Waals surface area (Å²) in [5.74, 6) is -1.22. The number of hydrogen-bond donors (Lipinski definition) is 1. The highest BCUT2D eigenvalue weighted by Crippen LogP contribution is 2.28. The van der Waals surface area contributed by atoms with Gasteiger partial charge >= 0.3 is 5.97 Å². The Morgan fingerprint density at radius 3 is 2.68 bits per heavy atom. The SMILES string of the molecule is COCCNC(=O)COC(=O)c1cc([N+](=O)[O-])ccc1N1CCCC1. The highest BCUT2D eigenvalue weighted by Gasteiger charge is 2.23. The number of hydrogen-bond acceptors (Lipinski definition) is 7. The molecule has 0 spiro atoms. The van der Waals surface area contributed by atoms with Gasteiger partial charge in [0.05, 0.1) is 22.8 Å². The maximum Gasteiger partial charge on any atom is 0.341 e. The zero-order valence-electron chi connectivity index (χ0n) is 14.0. The number of nitrogens with zero attached hydrogens (tertiary/aromatic N) is 2. The van der Waals surface area contributed by atoms with Gasteiger partial charge in [0, 0.05) is 38.9 Å². The molecule has 1 heterocycles. The first kappa shape index (κ1) is 18.7. The van der Waals surface area contributed by atoms with Crippen LogP contribution in [0.2, 0.25) is 0 Å². The number of methoxy groups -OCH3 is 1. The van der Waals surface area contributed by atoms with Gasteiger partial charge in [-0.15, -0.1) is 0 Å². The molecule has 0 unspecified atom stereocenters. The quantitative estimate of drug-likeness (QED) is 0.323. The molecule has 1 aliphatic heterocycles. The Labute approximate surface area is 145 Å². The third-order valence-corrected chi connectivity index (χ3v) is 3.82. The van der Waals surface area contributed by atoms with Crippen molar-refractivity contribution < 1.29 is 24.0 Å². The zero-order chi connectivity index (χ0) is 18.2. The first-order chi connectivity index (χ1) is 12.0. The zero-order valence-corrected chi connectivity index (χ0v) is 14.0. The largest absolute Gasteiger partial charge is 0.452 e. The lowest BCUT2D eigenvalue weighted by Gasteiger charge is -2.20. The third kappa shape index (κ3) is 5.15. The number of nitro groups is 1. The monoisotopic (exact) mass is 351 g/mol. The summed E-state index contributed by atoms with van der Waals surface area (Å²) in [5, 5.41) is 13.5. The van der Waals surface area contributed by atoms with Crippen LogP contribution in [0.15, 0.2) is 18.2 Å². The smallest absolute Gasteiger partial charge is 0.341 e. The van der Waals surface area contributed by atoms with E-state index in [0.29, 0.717) is 18.8 Å². The number of ether oxygens (including phenoxy) is 2. The summed E-state index contributed by atoms with van der Waals surface area (Å²) < 4.78 is 9.82. The van der Waals surface area contributed by atoms with E-state index in [0.717, 1.165) is 25.9 Å². The Balaban J connectivity index is 2.08.